The Hall–Kier alpha value is -0.330. The van der Waals surface area contributed by atoms with Crippen LogP contribution in [0.15, 0.2) is 0 Å². The molecule has 2 fully saturated rings. The lowest BCUT2D eigenvalue weighted by molar-refractivity contribution is -0.121. The summed E-state index contributed by atoms with van der Waals surface area (Å²) in [5, 5.41) is 0. The smallest absolute Gasteiger partial charge is 0.136 e. The number of carbonyl (C=O) groups excluding carboxylic acids is 1. The van der Waals surface area contributed by atoms with Gasteiger partial charge in [-0.05, 0) is 37.5 Å². The molecule has 0 aromatic heterocycles. The van der Waals surface area contributed by atoms with Gasteiger partial charge in [0.2, 0.25) is 0 Å². The van der Waals surface area contributed by atoms with Crippen LogP contribution >= 0.6 is 0 Å². The molecule has 0 N–H and O–H groups in total. The maximum absolute atomic E-state index is 11.3. The highest BCUT2D eigenvalue weighted by Crippen LogP contribution is 2.40. The van der Waals surface area contributed by atoms with E-state index in [1.165, 1.54) is 25.7 Å². The van der Waals surface area contributed by atoms with Gasteiger partial charge >= 0.3 is 0 Å². The van der Waals surface area contributed by atoms with Crippen molar-refractivity contribution in [2.45, 2.75) is 39.0 Å². The van der Waals surface area contributed by atoms with Crippen molar-refractivity contribution in [1.29, 1.82) is 0 Å². The summed E-state index contributed by atoms with van der Waals surface area (Å²) in [7, 11) is 0. The summed E-state index contributed by atoms with van der Waals surface area (Å²) in [5.74, 6) is 2.61. The van der Waals surface area contributed by atoms with Gasteiger partial charge in [-0.3, -0.25) is 4.79 Å². The molecule has 1 atom stereocenters. The minimum absolute atomic E-state index is 0.483. The molecule has 1 unspecified atom stereocenters. The Bertz CT molecular complexity index is 166. The van der Waals surface area contributed by atoms with Crippen LogP contribution in [-0.2, 0) is 4.79 Å². The van der Waals surface area contributed by atoms with Crippen LogP contribution in [0.5, 0.6) is 0 Å². The van der Waals surface area contributed by atoms with Crippen molar-refractivity contribution in [3.8, 4) is 0 Å². The Morgan fingerprint density at radius 3 is 2.45 bits per heavy atom. The van der Waals surface area contributed by atoms with Gasteiger partial charge in [-0.25, -0.2) is 0 Å². The number of carbonyl (C=O) groups is 1. The minimum atomic E-state index is 0.483. The van der Waals surface area contributed by atoms with Crippen molar-refractivity contribution in [1.82, 2.24) is 0 Å². The molecule has 2 rings (SSSR count). The zero-order chi connectivity index (χ0) is 7.84. The molecule has 0 spiro atoms. The predicted molar refractivity (Wildman–Crippen MR) is 44.2 cm³/mol. The van der Waals surface area contributed by atoms with Gasteiger partial charge in [-0.1, -0.05) is 6.92 Å². The van der Waals surface area contributed by atoms with E-state index in [9.17, 15) is 4.79 Å². The Labute approximate surface area is 68.2 Å². The summed E-state index contributed by atoms with van der Waals surface area (Å²) in [6.45, 7) is 2.23. The number of hydrogen-bond acceptors (Lipinski definition) is 1. The van der Waals surface area contributed by atoms with Crippen LogP contribution in [0.2, 0.25) is 0 Å². The van der Waals surface area contributed by atoms with Gasteiger partial charge in [0.25, 0.3) is 0 Å². The normalized spacial score (nSPS) is 26.6. The van der Waals surface area contributed by atoms with E-state index in [0.717, 1.165) is 12.3 Å². The van der Waals surface area contributed by atoms with E-state index >= 15 is 0 Å². The van der Waals surface area contributed by atoms with E-state index in [-0.39, 0.29) is 0 Å². The Balaban J connectivity index is 1.74. The number of ketones is 1. The molecule has 0 bridgehead atoms. The van der Waals surface area contributed by atoms with E-state index in [0.29, 0.717) is 17.6 Å². The molecule has 1 heteroatoms. The second-order valence-electron chi connectivity index (χ2n) is 4.26. The third-order valence-electron chi connectivity index (χ3n) is 2.98. The fraction of sp³-hybridized carbons (Fsp3) is 0.900. The SMILES string of the molecule is CC(CC(=O)C1CC1)C1CC1. The summed E-state index contributed by atoms with van der Waals surface area (Å²) in [5.41, 5.74) is 0. The van der Waals surface area contributed by atoms with Gasteiger partial charge < -0.3 is 0 Å². The first-order valence-corrected chi connectivity index (χ1v) is 4.80. The van der Waals surface area contributed by atoms with Gasteiger partial charge in [0.15, 0.2) is 0 Å². The maximum atomic E-state index is 11.3. The highest BCUT2D eigenvalue weighted by molar-refractivity contribution is 5.83. The topological polar surface area (TPSA) is 17.1 Å². The lowest BCUT2D eigenvalue weighted by Gasteiger charge is -2.06. The molecule has 0 amide bonds. The summed E-state index contributed by atoms with van der Waals surface area (Å²) in [6, 6.07) is 0. The van der Waals surface area contributed by atoms with Crippen molar-refractivity contribution in [3.63, 3.8) is 0 Å². The molecular formula is C10H16O. The third-order valence-corrected chi connectivity index (χ3v) is 2.98. The first-order valence-electron chi connectivity index (χ1n) is 4.80. The van der Waals surface area contributed by atoms with E-state index in [2.05, 4.69) is 6.92 Å². The number of rotatable bonds is 4. The Morgan fingerprint density at radius 1 is 1.36 bits per heavy atom. The van der Waals surface area contributed by atoms with E-state index in [4.69, 9.17) is 0 Å². The monoisotopic (exact) mass is 152 g/mol. The molecule has 62 valence electrons. The first-order chi connectivity index (χ1) is 5.27. The van der Waals surface area contributed by atoms with E-state index in [1.54, 1.807) is 0 Å². The lowest BCUT2D eigenvalue weighted by atomic mass is 9.98. The van der Waals surface area contributed by atoms with Crippen LogP contribution < -0.4 is 0 Å². The van der Waals surface area contributed by atoms with Crippen LogP contribution in [0.25, 0.3) is 0 Å². The van der Waals surface area contributed by atoms with Gasteiger partial charge in [0.05, 0.1) is 0 Å². The predicted octanol–water partition coefficient (Wildman–Crippen LogP) is 2.40. The Kier molecular flexibility index (Phi) is 1.74. The summed E-state index contributed by atoms with van der Waals surface area (Å²) in [4.78, 5) is 11.3. The van der Waals surface area contributed by atoms with E-state index in [1.807, 2.05) is 0 Å². The van der Waals surface area contributed by atoms with Crippen LogP contribution in [0, 0.1) is 17.8 Å². The van der Waals surface area contributed by atoms with Gasteiger partial charge in [0, 0.05) is 12.3 Å². The average molecular weight is 152 g/mol. The van der Waals surface area contributed by atoms with Crippen molar-refractivity contribution >= 4 is 5.78 Å². The zero-order valence-electron chi connectivity index (χ0n) is 7.18. The Morgan fingerprint density at radius 2 is 2.00 bits per heavy atom. The van der Waals surface area contributed by atoms with Crippen LogP contribution in [0.3, 0.4) is 0 Å². The fourth-order valence-corrected chi connectivity index (χ4v) is 1.72. The van der Waals surface area contributed by atoms with Crippen molar-refractivity contribution in [3.05, 3.63) is 0 Å². The molecule has 2 saturated carbocycles. The molecule has 0 saturated heterocycles. The summed E-state index contributed by atoms with van der Waals surface area (Å²) in [6.07, 6.45) is 5.97. The molecule has 0 heterocycles. The highest BCUT2D eigenvalue weighted by atomic mass is 16.1. The largest absolute Gasteiger partial charge is 0.299 e. The molecule has 0 radical (unpaired) electrons. The summed E-state index contributed by atoms with van der Waals surface area (Å²) >= 11 is 0. The van der Waals surface area contributed by atoms with Crippen LogP contribution in [0.1, 0.15) is 39.0 Å². The van der Waals surface area contributed by atoms with E-state index < -0.39 is 0 Å². The number of Topliss-reactive ketones (excluding diaryl/α,β-unsaturated/α-hetero) is 1. The van der Waals surface area contributed by atoms with Crippen molar-refractivity contribution in [2.75, 3.05) is 0 Å². The van der Waals surface area contributed by atoms with Gasteiger partial charge in [-0.2, -0.15) is 0 Å². The molecular weight excluding hydrogens is 136 g/mol. The third kappa shape index (κ3) is 1.82. The molecule has 11 heavy (non-hydrogen) atoms. The number of hydrogen-bond donors (Lipinski definition) is 0. The van der Waals surface area contributed by atoms with Gasteiger partial charge in [-0.15, -0.1) is 0 Å². The maximum Gasteiger partial charge on any atom is 0.136 e. The van der Waals surface area contributed by atoms with Crippen molar-refractivity contribution in [2.24, 2.45) is 17.8 Å². The molecule has 1 nitrogen and oxygen atoms in total. The molecule has 0 aromatic carbocycles. The van der Waals surface area contributed by atoms with Gasteiger partial charge in [0.1, 0.15) is 5.78 Å². The van der Waals surface area contributed by atoms with Crippen molar-refractivity contribution < 1.29 is 4.79 Å². The quantitative estimate of drug-likeness (QED) is 0.604. The highest BCUT2D eigenvalue weighted by Gasteiger charge is 2.34. The average Bonchev–Trinajstić information content (AvgIpc) is 2.84. The summed E-state index contributed by atoms with van der Waals surface area (Å²) < 4.78 is 0. The minimum Gasteiger partial charge on any atom is -0.299 e. The second kappa shape index (κ2) is 2.62. The zero-order valence-corrected chi connectivity index (χ0v) is 7.18. The van der Waals surface area contributed by atoms with Crippen LogP contribution in [0.4, 0.5) is 0 Å². The molecule has 0 aromatic rings. The second-order valence-corrected chi connectivity index (χ2v) is 4.26. The fourth-order valence-electron chi connectivity index (χ4n) is 1.72. The molecule has 0 aliphatic heterocycles. The standard InChI is InChI=1S/C10H16O/c1-7(8-2-3-8)6-10(11)9-4-5-9/h7-9H,2-6H2,1H3. The lowest BCUT2D eigenvalue weighted by Crippen LogP contribution is -2.08. The van der Waals surface area contributed by atoms with Crippen LogP contribution in [-0.4, -0.2) is 5.78 Å². The molecule has 2 aliphatic rings. The first kappa shape index (κ1) is 7.33. The molecule has 2 aliphatic carbocycles.